The van der Waals surface area contributed by atoms with Gasteiger partial charge in [0.05, 0.1) is 0 Å². The Morgan fingerprint density at radius 2 is 0.583 bits per heavy atom. The van der Waals surface area contributed by atoms with Crippen molar-refractivity contribution in [2.45, 2.75) is 0 Å². The van der Waals surface area contributed by atoms with E-state index in [4.69, 9.17) is 14.0 Å². The van der Waals surface area contributed by atoms with Crippen molar-refractivity contribution >= 4 is 0 Å². The second-order valence-electron chi connectivity index (χ2n) is 0.962. The van der Waals surface area contributed by atoms with Gasteiger partial charge in [0.1, 0.15) is 0 Å². The largest absolute Gasteiger partial charge is 0.0312 e. The Morgan fingerprint density at radius 3 is 0.667 bits per heavy atom. The van der Waals surface area contributed by atoms with Crippen LogP contribution in [-0.2, 0) is 35.0 Å². The smallest absolute Gasteiger partial charge is 0 e. The first-order chi connectivity index (χ1) is 5.50. The molecule has 1 aliphatic rings. The molecule has 0 saturated heterocycles. The van der Waals surface area contributed by atoms with Crippen LogP contribution in [0, 0.1) is 52.1 Å². The van der Waals surface area contributed by atoms with Gasteiger partial charge >= 0.3 is 33.9 Å². The molecule has 1 rings (SSSR count). The fourth-order valence-corrected chi connectivity index (χ4v) is 0.321. The summed E-state index contributed by atoms with van der Waals surface area (Å²) in [5.41, 5.74) is 0. The van der Waals surface area contributed by atoms with Gasteiger partial charge in [-0.1, -0.05) is 0 Å². The van der Waals surface area contributed by atoms with E-state index in [1.807, 2.05) is 32.1 Å². The summed E-state index contributed by atoms with van der Waals surface area (Å²) in [5.74, 6) is 0. The normalized spacial score (nSPS) is 10.5. The molecule has 0 N–H and O–H groups in total. The first-order valence-electron chi connectivity index (χ1n) is 2.28. The Morgan fingerprint density at radius 1 is 0.500 bits per heavy atom. The summed E-state index contributed by atoms with van der Waals surface area (Å²) in [5, 5.41) is 0. The second-order valence-corrected chi connectivity index (χ2v) is 0.962. The molecule has 3 nitrogen and oxygen atoms in total. The molecule has 0 aromatic carbocycles. The molecule has 0 aliphatic heterocycles. The Hall–Kier alpha value is -0.0917. The fraction of sp³-hybridized carbons (Fsp3) is 0. The van der Waals surface area contributed by atoms with Crippen LogP contribution in [0.3, 0.4) is 0 Å². The molecule has 1 fully saturated rings. The van der Waals surface area contributed by atoms with E-state index in [1.54, 1.807) is 0 Å². The minimum Gasteiger partial charge on any atom is -0.0312 e. The van der Waals surface area contributed by atoms with Gasteiger partial charge in [0.2, 0.25) is 0 Å². The van der Waals surface area contributed by atoms with E-state index in [9.17, 15) is 0 Å². The van der Waals surface area contributed by atoms with E-state index in [1.165, 1.54) is 0 Å². The van der Waals surface area contributed by atoms with Crippen LogP contribution >= 0.6 is 0 Å². The maximum Gasteiger partial charge on any atom is 0 e. The van der Waals surface area contributed by atoms with Crippen molar-refractivity contribution in [2.24, 2.45) is 0 Å². The summed E-state index contributed by atoms with van der Waals surface area (Å²) in [6, 6.07) is 0. The molecule has 0 heterocycles. The summed E-state index contributed by atoms with van der Waals surface area (Å²) in [6.45, 7) is 13.5. The van der Waals surface area contributed by atoms with Gasteiger partial charge in [0, 0.05) is 21.1 Å². The van der Waals surface area contributed by atoms with Gasteiger partial charge < -0.3 is 0 Å². The Bertz CT molecular complexity index is 80.7. The molecule has 0 aromatic rings. The van der Waals surface area contributed by atoms with E-state index in [2.05, 4.69) is 20.0 Å². The summed E-state index contributed by atoms with van der Waals surface area (Å²) in [4.78, 5) is 0. The second kappa shape index (κ2) is 44.5. The predicted octanol–water partition coefficient (Wildman–Crippen LogP) is 0.906. The van der Waals surface area contributed by atoms with Crippen LogP contribution in [0.25, 0.3) is 0 Å². The zero-order valence-corrected chi connectivity index (χ0v) is 8.95. The van der Waals surface area contributed by atoms with Crippen LogP contribution in [0.5, 0.6) is 0 Å². The predicted molar refractivity (Wildman–Crippen MR) is 33.3 cm³/mol. The molecule has 0 spiro atoms. The SMILES string of the molecule is [C-]#[O+].[C-]#[O+].[C-]#[O+].[CH]1[CH][CH][CH][CH]1.[W]. The van der Waals surface area contributed by atoms with E-state index in [0.29, 0.717) is 0 Å². The first-order valence-corrected chi connectivity index (χ1v) is 2.28. The van der Waals surface area contributed by atoms with Crippen molar-refractivity contribution in [3.63, 3.8) is 0 Å². The summed E-state index contributed by atoms with van der Waals surface area (Å²) in [7, 11) is 0. The van der Waals surface area contributed by atoms with Crippen LogP contribution in [0.15, 0.2) is 0 Å². The van der Waals surface area contributed by atoms with Crippen molar-refractivity contribution < 1.29 is 35.0 Å². The van der Waals surface area contributed by atoms with Crippen LogP contribution in [0.4, 0.5) is 0 Å². The number of rotatable bonds is 0. The van der Waals surface area contributed by atoms with Crippen molar-refractivity contribution in [3.8, 4) is 0 Å². The first kappa shape index (κ1) is 22.7. The molecule has 4 heteroatoms. The van der Waals surface area contributed by atoms with Crippen LogP contribution < -0.4 is 0 Å². The molecule has 12 heavy (non-hydrogen) atoms. The molecule has 0 unspecified atom stereocenters. The van der Waals surface area contributed by atoms with Crippen molar-refractivity contribution in [2.75, 3.05) is 0 Å². The van der Waals surface area contributed by atoms with Gasteiger partial charge in [-0.25, -0.2) is 0 Å². The molecular weight excluding hydrogens is 328 g/mol. The number of hydrogen-bond donors (Lipinski definition) is 0. The molecule has 1 saturated carbocycles. The zero-order valence-electron chi connectivity index (χ0n) is 6.02. The third-order valence-corrected chi connectivity index (χ3v) is 0.556. The van der Waals surface area contributed by atoms with Crippen molar-refractivity contribution in [1.82, 2.24) is 0 Å². The van der Waals surface area contributed by atoms with Gasteiger partial charge in [-0.3, -0.25) is 0 Å². The number of hydrogen-bond acceptors (Lipinski definition) is 0. The van der Waals surface area contributed by atoms with Crippen molar-refractivity contribution in [1.29, 1.82) is 0 Å². The molecule has 1 aliphatic carbocycles. The Kier molecular flexibility index (Phi) is 83.9. The van der Waals surface area contributed by atoms with Gasteiger partial charge in [-0.05, 0) is 32.1 Å². The molecule has 0 amide bonds. The van der Waals surface area contributed by atoms with Gasteiger partial charge in [0.25, 0.3) is 0 Å². The van der Waals surface area contributed by atoms with Gasteiger partial charge in [-0.15, -0.1) is 0 Å². The average Bonchev–Trinajstić information content (AvgIpc) is 2.71. The monoisotopic (exact) mass is 333 g/mol. The zero-order chi connectivity index (χ0) is 9.54. The molecular formula is C8H5O3W. The summed E-state index contributed by atoms with van der Waals surface area (Å²) in [6.07, 6.45) is 10.0. The standard InChI is InChI=1S/C5H5.3CO.W/c1-2-4-5-3-1;3*1-2;/h1-5H;;;;. The Labute approximate surface area is 87.3 Å². The summed E-state index contributed by atoms with van der Waals surface area (Å²) >= 11 is 0. The van der Waals surface area contributed by atoms with E-state index < -0.39 is 0 Å². The third kappa shape index (κ3) is 32.6. The van der Waals surface area contributed by atoms with Crippen LogP contribution in [0.1, 0.15) is 0 Å². The quantitative estimate of drug-likeness (QED) is 0.467. The maximum atomic E-state index is 7.50. The molecule has 5 radical (unpaired) electrons. The molecule has 0 bridgehead atoms. The Balaban J connectivity index is -0.0000000406. The maximum absolute atomic E-state index is 7.50. The third-order valence-electron chi connectivity index (χ3n) is 0.556. The van der Waals surface area contributed by atoms with E-state index >= 15 is 0 Å². The van der Waals surface area contributed by atoms with Crippen molar-refractivity contribution in [3.05, 3.63) is 52.1 Å². The van der Waals surface area contributed by atoms with Crippen LogP contribution in [0.2, 0.25) is 0 Å². The minimum absolute atomic E-state index is 0. The molecule has 0 atom stereocenters. The van der Waals surface area contributed by atoms with Gasteiger partial charge in [0.15, 0.2) is 0 Å². The fourth-order valence-electron chi connectivity index (χ4n) is 0.321. The summed E-state index contributed by atoms with van der Waals surface area (Å²) < 4.78 is 22.5. The minimum atomic E-state index is 0. The van der Waals surface area contributed by atoms with Gasteiger partial charge in [-0.2, -0.15) is 0 Å². The molecule has 0 aromatic heterocycles. The topological polar surface area (TPSA) is 59.7 Å². The molecule has 61 valence electrons. The van der Waals surface area contributed by atoms with Crippen LogP contribution in [-0.4, -0.2) is 0 Å². The van der Waals surface area contributed by atoms with E-state index in [0.717, 1.165) is 0 Å². The average molecular weight is 333 g/mol. The van der Waals surface area contributed by atoms with E-state index in [-0.39, 0.29) is 21.1 Å².